The molecule has 1 heterocycles. The summed E-state index contributed by atoms with van der Waals surface area (Å²) in [7, 11) is 1.52. The number of aromatic hydroxyl groups is 1. The monoisotopic (exact) mass is 377 g/mol. The van der Waals surface area contributed by atoms with Crippen LogP contribution in [0.15, 0.2) is 48.0 Å². The number of Topliss-reactive ketones (excluding diaryl/α,β-unsaturated/α-hetero) is 1. The fraction of sp³-hybridized carbons (Fsp3) is 0.375. The molecule has 0 amide bonds. The minimum atomic E-state index is -0.0488. The normalized spacial score (nSPS) is 22.0. The number of ether oxygens (including phenoxy) is 1. The predicted molar refractivity (Wildman–Crippen MR) is 111 cm³/mol. The van der Waals surface area contributed by atoms with Crippen molar-refractivity contribution in [3.8, 4) is 11.5 Å². The molecule has 4 nitrogen and oxygen atoms in total. The van der Waals surface area contributed by atoms with Crippen LogP contribution in [0.5, 0.6) is 11.5 Å². The molecule has 2 aromatic rings. The Morgan fingerprint density at radius 1 is 1.04 bits per heavy atom. The van der Waals surface area contributed by atoms with Crippen LogP contribution in [0, 0.1) is 0 Å². The third kappa shape index (κ3) is 3.83. The van der Waals surface area contributed by atoms with Gasteiger partial charge in [-0.05, 0) is 85.2 Å². The van der Waals surface area contributed by atoms with E-state index < -0.39 is 0 Å². The average molecular weight is 377 g/mol. The van der Waals surface area contributed by atoms with Gasteiger partial charge < -0.3 is 15.2 Å². The summed E-state index contributed by atoms with van der Waals surface area (Å²) in [5.74, 6) is 1.32. The molecule has 0 spiro atoms. The van der Waals surface area contributed by atoms with Gasteiger partial charge in [-0.1, -0.05) is 30.3 Å². The van der Waals surface area contributed by atoms with E-state index in [0.717, 1.165) is 42.6 Å². The van der Waals surface area contributed by atoms with Gasteiger partial charge in [0.15, 0.2) is 17.3 Å². The highest BCUT2D eigenvalue weighted by Gasteiger charge is 2.30. The van der Waals surface area contributed by atoms with Crippen molar-refractivity contribution in [1.29, 1.82) is 0 Å². The Morgan fingerprint density at radius 2 is 1.75 bits per heavy atom. The number of nitrogens with one attached hydrogen (secondary N) is 1. The highest BCUT2D eigenvalue weighted by molar-refractivity contribution is 6.06. The SMILES string of the molecule is COc1cc(/C=C2/CCC(c3ccc(C4CCNCC4)cc3)C2=O)ccc1O. The second kappa shape index (κ2) is 8.19. The Hall–Kier alpha value is -2.59. The summed E-state index contributed by atoms with van der Waals surface area (Å²) in [4.78, 5) is 13.0. The van der Waals surface area contributed by atoms with Gasteiger partial charge in [-0.15, -0.1) is 0 Å². The topological polar surface area (TPSA) is 58.6 Å². The fourth-order valence-corrected chi connectivity index (χ4v) is 4.38. The van der Waals surface area contributed by atoms with Crippen LogP contribution in [-0.2, 0) is 4.79 Å². The fourth-order valence-electron chi connectivity index (χ4n) is 4.38. The Morgan fingerprint density at radius 3 is 2.46 bits per heavy atom. The third-order valence-corrected chi connectivity index (χ3v) is 6.03. The van der Waals surface area contributed by atoms with E-state index in [1.807, 2.05) is 6.08 Å². The maximum absolute atomic E-state index is 13.0. The molecule has 1 unspecified atom stereocenters. The van der Waals surface area contributed by atoms with Crippen LogP contribution in [0.1, 0.15) is 54.2 Å². The molecule has 2 aromatic carbocycles. The molecule has 4 rings (SSSR count). The van der Waals surface area contributed by atoms with Gasteiger partial charge in [-0.3, -0.25) is 4.79 Å². The second-order valence-corrected chi connectivity index (χ2v) is 7.75. The Kier molecular flexibility index (Phi) is 5.49. The molecule has 2 aliphatic rings. The molecule has 0 radical (unpaired) electrons. The van der Waals surface area contributed by atoms with Crippen LogP contribution in [0.2, 0.25) is 0 Å². The second-order valence-electron chi connectivity index (χ2n) is 7.75. The van der Waals surface area contributed by atoms with Crippen molar-refractivity contribution in [2.75, 3.05) is 20.2 Å². The standard InChI is InChI=1S/C24H27NO3/c1-28-23-15-16(2-9-22(23)26)14-20-7-8-21(24(20)27)19-5-3-17(4-6-19)18-10-12-25-13-11-18/h2-6,9,14-15,18,21,25-26H,7-8,10-13H2,1H3/b20-14-. The van der Waals surface area contributed by atoms with Gasteiger partial charge in [0.25, 0.3) is 0 Å². The average Bonchev–Trinajstić information content (AvgIpc) is 3.10. The van der Waals surface area contributed by atoms with E-state index in [2.05, 4.69) is 29.6 Å². The van der Waals surface area contributed by atoms with Gasteiger partial charge in [-0.2, -0.15) is 0 Å². The van der Waals surface area contributed by atoms with E-state index in [4.69, 9.17) is 4.74 Å². The van der Waals surface area contributed by atoms with Gasteiger partial charge in [-0.25, -0.2) is 0 Å². The molecule has 1 saturated heterocycles. The lowest BCUT2D eigenvalue weighted by Gasteiger charge is -2.23. The van der Waals surface area contributed by atoms with Crippen molar-refractivity contribution < 1.29 is 14.6 Å². The molecule has 2 fully saturated rings. The van der Waals surface area contributed by atoms with Crippen LogP contribution < -0.4 is 10.1 Å². The summed E-state index contributed by atoms with van der Waals surface area (Å²) in [6, 6.07) is 13.9. The van der Waals surface area contributed by atoms with Crippen LogP contribution in [0.25, 0.3) is 6.08 Å². The number of phenols is 1. The molecule has 1 aliphatic carbocycles. The Bertz CT molecular complexity index is 879. The molecule has 1 atom stereocenters. The van der Waals surface area contributed by atoms with Crippen molar-refractivity contribution in [2.24, 2.45) is 0 Å². The number of phenolic OH excluding ortho intramolecular Hbond substituents is 1. The maximum Gasteiger partial charge on any atom is 0.166 e. The number of hydrogen-bond acceptors (Lipinski definition) is 4. The van der Waals surface area contributed by atoms with E-state index in [1.54, 1.807) is 18.2 Å². The summed E-state index contributed by atoms with van der Waals surface area (Å²) in [6.45, 7) is 2.17. The van der Waals surface area contributed by atoms with Crippen molar-refractivity contribution in [2.45, 2.75) is 37.5 Å². The van der Waals surface area contributed by atoms with Gasteiger partial charge in [0.2, 0.25) is 0 Å². The number of benzene rings is 2. The lowest BCUT2D eigenvalue weighted by molar-refractivity contribution is -0.115. The van der Waals surface area contributed by atoms with Crippen LogP contribution in [0.3, 0.4) is 0 Å². The largest absolute Gasteiger partial charge is 0.504 e. The predicted octanol–water partition coefficient (Wildman–Crippen LogP) is 4.40. The van der Waals surface area contributed by atoms with Crippen molar-refractivity contribution in [3.05, 3.63) is 64.7 Å². The van der Waals surface area contributed by atoms with Crippen molar-refractivity contribution in [3.63, 3.8) is 0 Å². The molecule has 146 valence electrons. The molecule has 1 saturated carbocycles. The number of allylic oxidation sites excluding steroid dienone is 1. The molecule has 2 N–H and O–H groups in total. The van der Waals surface area contributed by atoms with Gasteiger partial charge >= 0.3 is 0 Å². The van der Waals surface area contributed by atoms with Crippen LogP contribution >= 0.6 is 0 Å². The number of carbonyl (C=O) groups is 1. The van der Waals surface area contributed by atoms with Gasteiger partial charge in [0, 0.05) is 5.92 Å². The summed E-state index contributed by atoms with van der Waals surface area (Å²) in [6.07, 6.45) is 5.93. The summed E-state index contributed by atoms with van der Waals surface area (Å²) >= 11 is 0. The highest BCUT2D eigenvalue weighted by Crippen LogP contribution is 2.37. The molecule has 4 heteroatoms. The zero-order valence-corrected chi connectivity index (χ0v) is 16.3. The summed E-state index contributed by atoms with van der Waals surface area (Å²) < 4.78 is 5.16. The maximum atomic E-state index is 13.0. The third-order valence-electron chi connectivity index (χ3n) is 6.03. The first-order chi connectivity index (χ1) is 13.7. The van der Waals surface area contributed by atoms with Gasteiger partial charge in [0.1, 0.15) is 0 Å². The highest BCUT2D eigenvalue weighted by atomic mass is 16.5. The molecule has 1 aliphatic heterocycles. The quantitative estimate of drug-likeness (QED) is 0.776. The van der Waals surface area contributed by atoms with Crippen molar-refractivity contribution in [1.82, 2.24) is 5.32 Å². The Balaban J connectivity index is 1.49. The molecule has 0 bridgehead atoms. The summed E-state index contributed by atoms with van der Waals surface area (Å²) in [5.41, 5.74) is 4.23. The minimum absolute atomic E-state index is 0.0488. The first-order valence-corrected chi connectivity index (χ1v) is 10.1. The smallest absolute Gasteiger partial charge is 0.166 e. The van der Waals surface area contributed by atoms with Crippen LogP contribution in [0.4, 0.5) is 0 Å². The van der Waals surface area contributed by atoms with E-state index in [9.17, 15) is 9.90 Å². The molecular formula is C24H27NO3. The zero-order chi connectivity index (χ0) is 19.5. The van der Waals surface area contributed by atoms with Gasteiger partial charge in [0.05, 0.1) is 7.11 Å². The first-order valence-electron chi connectivity index (χ1n) is 10.1. The van der Waals surface area contributed by atoms with E-state index in [0.29, 0.717) is 11.7 Å². The van der Waals surface area contributed by atoms with E-state index in [-0.39, 0.29) is 17.5 Å². The van der Waals surface area contributed by atoms with Crippen LogP contribution in [-0.4, -0.2) is 31.1 Å². The number of piperidine rings is 1. The number of methoxy groups -OCH3 is 1. The van der Waals surface area contributed by atoms with E-state index >= 15 is 0 Å². The molecule has 28 heavy (non-hydrogen) atoms. The van der Waals surface area contributed by atoms with Crippen molar-refractivity contribution >= 4 is 11.9 Å². The molecule has 0 aromatic heterocycles. The zero-order valence-electron chi connectivity index (χ0n) is 16.3. The number of rotatable bonds is 4. The lowest BCUT2D eigenvalue weighted by atomic mass is 9.88. The first kappa shape index (κ1) is 18.8. The molecular weight excluding hydrogens is 350 g/mol. The Labute approximate surface area is 166 Å². The number of hydrogen-bond donors (Lipinski definition) is 2. The lowest BCUT2D eigenvalue weighted by Crippen LogP contribution is -2.26. The number of ketones is 1. The van der Waals surface area contributed by atoms with E-state index in [1.165, 1.54) is 25.5 Å². The minimum Gasteiger partial charge on any atom is -0.504 e. The summed E-state index contributed by atoms with van der Waals surface area (Å²) in [5, 5.41) is 13.1. The number of carbonyl (C=O) groups excluding carboxylic acids is 1.